The molecule has 5 rings (SSSR count). The Morgan fingerprint density at radius 1 is 1.08 bits per heavy atom. The molecule has 3 N–H and O–H groups in total. The number of hydrogen-bond donors (Lipinski definition) is 2. The van der Waals surface area contributed by atoms with Crippen LogP contribution in [0.4, 0.5) is 0 Å². The Hall–Kier alpha value is -3.59. The minimum atomic E-state index is -0.696. The molecule has 1 fully saturated rings. The van der Waals surface area contributed by atoms with Crippen LogP contribution in [0.25, 0.3) is 16.9 Å². The topological polar surface area (TPSA) is 112 Å². The molecule has 1 aromatic carbocycles. The average Bonchev–Trinajstić information content (AvgIpc) is 3.27. The predicted octanol–water partition coefficient (Wildman–Crippen LogP) is 5.85. The monoisotopic (exact) mass is 516 g/mol. The van der Waals surface area contributed by atoms with Crippen LogP contribution in [-0.2, 0) is 0 Å². The molecule has 0 bridgehead atoms. The van der Waals surface area contributed by atoms with Crippen LogP contribution in [0.3, 0.4) is 0 Å². The number of fused-ring (bicyclic) bond motifs is 1. The van der Waals surface area contributed by atoms with Crippen LogP contribution >= 0.6 is 23.4 Å². The van der Waals surface area contributed by atoms with Gasteiger partial charge in [-0.3, -0.25) is 0 Å². The number of imidazole rings is 1. The quantitative estimate of drug-likeness (QED) is 0.437. The normalized spacial score (nSPS) is 18.6. The van der Waals surface area contributed by atoms with Gasteiger partial charge in [0.05, 0.1) is 57.8 Å². The van der Waals surface area contributed by atoms with E-state index in [1.54, 1.807) is 31.1 Å². The summed E-state index contributed by atoms with van der Waals surface area (Å²) in [5.74, 6) is 0.287. The number of pyridine rings is 1. The number of methoxy groups -OCH3 is 1. The molecular weight excluding hydrogens is 492 g/mol. The smallest absolute Gasteiger partial charge is 0.137 e. The van der Waals surface area contributed by atoms with Crippen LogP contribution in [0.2, 0.25) is 5.02 Å². The van der Waals surface area contributed by atoms with Crippen molar-refractivity contribution in [3.8, 4) is 29.1 Å². The van der Waals surface area contributed by atoms with Crippen molar-refractivity contribution in [1.82, 2.24) is 14.7 Å². The van der Waals surface area contributed by atoms with E-state index in [1.807, 2.05) is 34.7 Å². The van der Waals surface area contributed by atoms with E-state index < -0.39 is 5.92 Å². The number of hydrogen-bond acceptors (Lipinski definition) is 7. The van der Waals surface area contributed by atoms with E-state index >= 15 is 0 Å². The van der Waals surface area contributed by atoms with E-state index in [-0.39, 0.29) is 11.4 Å². The molecule has 1 aliphatic heterocycles. The number of nitrogens with zero attached hydrogens (tertiary/aromatic N) is 4. The van der Waals surface area contributed by atoms with E-state index in [9.17, 15) is 10.5 Å². The minimum absolute atomic E-state index is 0.262. The fraction of sp³-hybridized carbons (Fsp3) is 0.296. The van der Waals surface area contributed by atoms with Gasteiger partial charge in [0.25, 0.3) is 0 Å². The number of dihydropyridines is 1. The average molecular weight is 517 g/mol. The van der Waals surface area contributed by atoms with Crippen LogP contribution in [0.1, 0.15) is 43.7 Å². The molecule has 0 radical (unpaired) electrons. The highest BCUT2D eigenvalue weighted by atomic mass is 35.5. The summed E-state index contributed by atoms with van der Waals surface area (Å²) in [6.07, 6.45) is 7.55. The minimum Gasteiger partial charge on any atom is -0.497 e. The number of nitriles is 2. The molecule has 9 heteroatoms. The number of rotatable bonds is 5. The summed E-state index contributed by atoms with van der Waals surface area (Å²) in [7, 11) is 1.62. The number of nitrogens with two attached hydrogens (primary N) is 1. The summed E-state index contributed by atoms with van der Waals surface area (Å²) in [5, 5.41) is 25.4. The van der Waals surface area contributed by atoms with Gasteiger partial charge in [-0.05, 0) is 49.2 Å². The molecule has 1 aliphatic carbocycles. The van der Waals surface area contributed by atoms with Gasteiger partial charge < -0.3 is 20.2 Å². The zero-order valence-corrected chi connectivity index (χ0v) is 21.4. The van der Waals surface area contributed by atoms with Gasteiger partial charge in [0.1, 0.15) is 17.2 Å². The second-order valence-electron chi connectivity index (χ2n) is 8.88. The molecule has 0 spiro atoms. The van der Waals surface area contributed by atoms with E-state index in [4.69, 9.17) is 27.1 Å². The lowest BCUT2D eigenvalue weighted by Crippen LogP contribution is -2.31. The van der Waals surface area contributed by atoms with Gasteiger partial charge in [-0.2, -0.15) is 10.5 Å². The molecule has 1 saturated carbocycles. The van der Waals surface area contributed by atoms with Crippen LogP contribution in [0.5, 0.6) is 5.75 Å². The van der Waals surface area contributed by atoms with Crippen molar-refractivity contribution in [3.63, 3.8) is 0 Å². The summed E-state index contributed by atoms with van der Waals surface area (Å²) in [4.78, 5) is 4.89. The molecule has 1 atom stereocenters. The van der Waals surface area contributed by atoms with Gasteiger partial charge in [-0.1, -0.05) is 30.9 Å². The zero-order chi connectivity index (χ0) is 25.2. The molecule has 7 nitrogen and oxygen atoms in total. The van der Waals surface area contributed by atoms with E-state index in [0.717, 1.165) is 24.2 Å². The number of nitrogens with one attached hydrogen (secondary N) is 1. The van der Waals surface area contributed by atoms with Crippen molar-refractivity contribution < 1.29 is 4.74 Å². The van der Waals surface area contributed by atoms with E-state index in [1.165, 1.54) is 19.3 Å². The first-order chi connectivity index (χ1) is 17.5. The third kappa shape index (κ3) is 4.39. The molecule has 0 saturated heterocycles. The van der Waals surface area contributed by atoms with Crippen molar-refractivity contribution >= 4 is 29.0 Å². The molecule has 2 aliphatic rings. The van der Waals surface area contributed by atoms with Crippen LogP contribution in [0.15, 0.2) is 64.6 Å². The molecular formula is C27H25ClN6OS. The molecule has 36 heavy (non-hydrogen) atoms. The van der Waals surface area contributed by atoms with Crippen LogP contribution in [0, 0.1) is 22.7 Å². The first-order valence-corrected chi connectivity index (χ1v) is 13.1. The summed E-state index contributed by atoms with van der Waals surface area (Å²) in [6, 6.07) is 15.8. The fourth-order valence-electron chi connectivity index (χ4n) is 4.92. The largest absolute Gasteiger partial charge is 0.497 e. The third-order valence-electron chi connectivity index (χ3n) is 6.69. The Morgan fingerprint density at radius 2 is 1.81 bits per heavy atom. The second-order valence-corrected chi connectivity index (χ2v) is 10.6. The number of halogens is 1. The van der Waals surface area contributed by atoms with E-state index in [0.29, 0.717) is 37.9 Å². The highest BCUT2D eigenvalue weighted by molar-refractivity contribution is 8.03. The maximum Gasteiger partial charge on any atom is 0.137 e. The summed E-state index contributed by atoms with van der Waals surface area (Å²) >= 11 is 8.05. The summed E-state index contributed by atoms with van der Waals surface area (Å²) in [6.45, 7) is 0. The fourth-order valence-corrected chi connectivity index (χ4v) is 6.44. The Balaban J connectivity index is 1.73. The Labute approximate surface area is 219 Å². The van der Waals surface area contributed by atoms with Crippen molar-refractivity contribution in [1.29, 1.82) is 10.5 Å². The lowest BCUT2D eigenvalue weighted by Gasteiger charge is -2.30. The lowest BCUT2D eigenvalue weighted by atomic mass is 9.85. The molecule has 3 heterocycles. The van der Waals surface area contributed by atoms with Gasteiger partial charge in [-0.25, -0.2) is 4.98 Å². The maximum absolute atomic E-state index is 10.4. The number of allylic oxidation sites excluding steroid dienone is 2. The third-order valence-corrected chi connectivity index (χ3v) is 8.28. The van der Waals surface area contributed by atoms with Crippen molar-refractivity contribution in [2.24, 2.45) is 5.73 Å². The predicted molar refractivity (Wildman–Crippen MR) is 142 cm³/mol. The lowest BCUT2D eigenvalue weighted by molar-refractivity contribution is 0.415. The van der Waals surface area contributed by atoms with Crippen molar-refractivity contribution in [2.45, 2.75) is 43.3 Å². The highest BCUT2D eigenvalue weighted by Crippen LogP contribution is 2.45. The zero-order valence-electron chi connectivity index (χ0n) is 19.8. The number of benzene rings is 1. The second kappa shape index (κ2) is 10.2. The summed E-state index contributed by atoms with van der Waals surface area (Å²) < 4.78 is 7.19. The molecule has 2 aromatic heterocycles. The number of thioether (sulfide) groups is 1. The Kier molecular flexibility index (Phi) is 6.82. The Morgan fingerprint density at radius 3 is 2.47 bits per heavy atom. The van der Waals surface area contributed by atoms with Crippen LogP contribution in [-0.4, -0.2) is 21.7 Å². The van der Waals surface area contributed by atoms with Crippen LogP contribution < -0.4 is 15.8 Å². The van der Waals surface area contributed by atoms with Gasteiger partial charge >= 0.3 is 0 Å². The first kappa shape index (κ1) is 24.1. The molecule has 0 amide bonds. The SMILES string of the molecule is COc1ccc(-c2nc3ccc(Cl)cn3c2C2C(C#N)=C(N)NC(SC3CCCCC3)=C2C#N)cc1. The van der Waals surface area contributed by atoms with E-state index in [2.05, 4.69) is 17.5 Å². The first-order valence-electron chi connectivity index (χ1n) is 11.8. The van der Waals surface area contributed by atoms with Gasteiger partial charge in [0.2, 0.25) is 0 Å². The summed E-state index contributed by atoms with van der Waals surface area (Å²) in [5.41, 5.74) is 9.99. The molecule has 1 unspecified atom stereocenters. The standard InChI is InChI=1S/C27H25ClN6OS/c1-35-18-10-7-16(8-11-18)24-25(34-15-17(28)9-12-22(34)32-24)23-20(13-29)26(31)33-27(21(23)14-30)36-19-5-3-2-4-6-19/h7-12,15,19,23,33H,2-6,31H2,1H3. The highest BCUT2D eigenvalue weighted by Gasteiger charge is 2.37. The van der Waals surface area contributed by atoms with Gasteiger partial charge in [0.15, 0.2) is 0 Å². The number of ether oxygens (including phenoxy) is 1. The van der Waals surface area contributed by atoms with Gasteiger partial charge in [0, 0.05) is 17.0 Å². The Bertz CT molecular complexity index is 1450. The van der Waals surface area contributed by atoms with Crippen molar-refractivity contribution in [3.05, 3.63) is 75.3 Å². The molecule has 182 valence electrons. The molecule has 3 aromatic rings. The number of aromatic nitrogens is 2. The van der Waals surface area contributed by atoms with Gasteiger partial charge in [-0.15, -0.1) is 11.8 Å². The van der Waals surface area contributed by atoms with Crippen molar-refractivity contribution in [2.75, 3.05) is 7.11 Å². The maximum atomic E-state index is 10.4.